The Morgan fingerprint density at radius 1 is 1.05 bits per heavy atom. The number of benzene rings is 2. The van der Waals surface area contributed by atoms with Gasteiger partial charge in [0, 0.05) is 19.1 Å². The lowest BCUT2D eigenvalue weighted by Crippen LogP contribution is -2.43. The average molecular weight is 285 g/mol. The minimum absolute atomic E-state index is 0.229. The van der Waals surface area contributed by atoms with Crippen molar-refractivity contribution in [3.63, 3.8) is 0 Å². The fourth-order valence-electron chi connectivity index (χ4n) is 2.90. The molecular formula is C18H23NO2. The molecule has 0 aromatic heterocycles. The summed E-state index contributed by atoms with van der Waals surface area (Å²) in [7, 11) is 0. The summed E-state index contributed by atoms with van der Waals surface area (Å²) >= 11 is 0. The maximum atomic E-state index is 9.16. The Morgan fingerprint density at radius 3 is 2.57 bits per heavy atom. The van der Waals surface area contributed by atoms with Crippen LogP contribution in [0.5, 0.6) is 5.75 Å². The molecule has 1 saturated carbocycles. The first-order valence-corrected chi connectivity index (χ1v) is 7.83. The molecule has 1 fully saturated rings. The number of fused-ring (bicyclic) bond motifs is 1. The third kappa shape index (κ3) is 3.55. The predicted octanol–water partition coefficient (Wildman–Crippen LogP) is 3.07. The van der Waals surface area contributed by atoms with Crippen LogP contribution in [0.4, 0.5) is 0 Å². The summed E-state index contributed by atoms with van der Waals surface area (Å²) in [6.45, 7) is 2.55. The van der Waals surface area contributed by atoms with Gasteiger partial charge in [0.25, 0.3) is 0 Å². The van der Waals surface area contributed by atoms with E-state index < -0.39 is 0 Å². The zero-order chi connectivity index (χ0) is 14.5. The van der Waals surface area contributed by atoms with E-state index in [0.29, 0.717) is 12.6 Å². The molecule has 0 atom stereocenters. The van der Waals surface area contributed by atoms with Gasteiger partial charge in [0.15, 0.2) is 0 Å². The normalized spacial score (nSPS) is 15.3. The molecule has 112 valence electrons. The van der Waals surface area contributed by atoms with Gasteiger partial charge in [-0.3, -0.25) is 4.90 Å². The Balaban J connectivity index is 1.55. The second kappa shape index (κ2) is 6.92. The van der Waals surface area contributed by atoms with E-state index in [1.54, 1.807) is 0 Å². The zero-order valence-corrected chi connectivity index (χ0v) is 12.4. The number of aliphatic hydroxyl groups excluding tert-OH is 1. The van der Waals surface area contributed by atoms with Crippen LogP contribution in [0, 0.1) is 0 Å². The van der Waals surface area contributed by atoms with Crippen LogP contribution in [0.1, 0.15) is 19.3 Å². The summed E-state index contributed by atoms with van der Waals surface area (Å²) in [4.78, 5) is 2.35. The van der Waals surface area contributed by atoms with Gasteiger partial charge in [-0.05, 0) is 35.7 Å². The highest BCUT2D eigenvalue weighted by Crippen LogP contribution is 2.24. The smallest absolute Gasteiger partial charge is 0.120 e. The van der Waals surface area contributed by atoms with Crippen LogP contribution in [-0.4, -0.2) is 42.4 Å². The topological polar surface area (TPSA) is 32.7 Å². The Hall–Kier alpha value is -1.58. The first kappa shape index (κ1) is 14.4. The largest absolute Gasteiger partial charge is 0.492 e. The highest BCUT2D eigenvalue weighted by molar-refractivity contribution is 5.83. The van der Waals surface area contributed by atoms with Crippen LogP contribution >= 0.6 is 0 Å². The molecule has 1 aliphatic carbocycles. The minimum Gasteiger partial charge on any atom is -0.492 e. The van der Waals surface area contributed by atoms with Crippen LogP contribution in [0.15, 0.2) is 42.5 Å². The molecule has 0 unspecified atom stereocenters. The number of hydrogen-bond acceptors (Lipinski definition) is 3. The van der Waals surface area contributed by atoms with Crippen molar-refractivity contribution in [1.82, 2.24) is 4.90 Å². The molecule has 3 heteroatoms. The van der Waals surface area contributed by atoms with Gasteiger partial charge in [-0.25, -0.2) is 0 Å². The lowest BCUT2D eigenvalue weighted by atomic mass is 9.91. The maximum Gasteiger partial charge on any atom is 0.120 e. The third-order valence-corrected chi connectivity index (χ3v) is 4.35. The van der Waals surface area contributed by atoms with Crippen molar-refractivity contribution in [3.05, 3.63) is 42.5 Å². The Bertz CT molecular complexity index is 580. The lowest BCUT2D eigenvalue weighted by Gasteiger charge is -2.37. The Labute approximate surface area is 126 Å². The number of ether oxygens (including phenoxy) is 1. The average Bonchev–Trinajstić information content (AvgIpc) is 2.45. The van der Waals surface area contributed by atoms with E-state index in [4.69, 9.17) is 9.84 Å². The summed E-state index contributed by atoms with van der Waals surface area (Å²) in [6.07, 6.45) is 3.84. The van der Waals surface area contributed by atoms with Gasteiger partial charge < -0.3 is 9.84 Å². The molecule has 0 radical (unpaired) electrons. The number of rotatable bonds is 7. The molecule has 2 aromatic carbocycles. The molecule has 0 heterocycles. The van der Waals surface area contributed by atoms with Gasteiger partial charge >= 0.3 is 0 Å². The third-order valence-electron chi connectivity index (χ3n) is 4.35. The van der Waals surface area contributed by atoms with Gasteiger partial charge in [-0.2, -0.15) is 0 Å². The van der Waals surface area contributed by atoms with Crippen LogP contribution < -0.4 is 4.74 Å². The molecule has 0 bridgehead atoms. The van der Waals surface area contributed by atoms with Crippen molar-refractivity contribution in [1.29, 1.82) is 0 Å². The molecule has 3 nitrogen and oxygen atoms in total. The van der Waals surface area contributed by atoms with E-state index in [0.717, 1.165) is 18.8 Å². The number of hydrogen-bond donors (Lipinski definition) is 1. The van der Waals surface area contributed by atoms with Crippen LogP contribution in [0.3, 0.4) is 0 Å². The summed E-state index contributed by atoms with van der Waals surface area (Å²) in [6, 6.07) is 15.2. The number of aliphatic hydroxyl groups is 1. The monoisotopic (exact) mass is 285 g/mol. The van der Waals surface area contributed by atoms with Crippen molar-refractivity contribution < 1.29 is 9.84 Å². The highest BCUT2D eigenvalue weighted by atomic mass is 16.5. The molecular weight excluding hydrogens is 262 g/mol. The molecule has 0 aliphatic heterocycles. The maximum absolute atomic E-state index is 9.16. The summed E-state index contributed by atoms with van der Waals surface area (Å²) in [5.41, 5.74) is 0. The second-order valence-electron chi connectivity index (χ2n) is 5.70. The quantitative estimate of drug-likeness (QED) is 0.848. The van der Waals surface area contributed by atoms with Crippen LogP contribution in [0.2, 0.25) is 0 Å². The van der Waals surface area contributed by atoms with Gasteiger partial charge in [0.1, 0.15) is 12.4 Å². The van der Waals surface area contributed by atoms with Gasteiger partial charge in [0.05, 0.1) is 6.61 Å². The van der Waals surface area contributed by atoms with Crippen molar-refractivity contribution >= 4 is 10.8 Å². The van der Waals surface area contributed by atoms with Crippen molar-refractivity contribution in [2.45, 2.75) is 25.3 Å². The lowest BCUT2D eigenvalue weighted by molar-refractivity contribution is 0.0860. The summed E-state index contributed by atoms with van der Waals surface area (Å²) in [5.74, 6) is 0.922. The first-order chi connectivity index (χ1) is 10.4. The van der Waals surface area contributed by atoms with Gasteiger partial charge in [-0.15, -0.1) is 0 Å². The highest BCUT2D eigenvalue weighted by Gasteiger charge is 2.24. The van der Waals surface area contributed by atoms with E-state index in [9.17, 15) is 0 Å². The Kier molecular flexibility index (Phi) is 4.73. The summed E-state index contributed by atoms with van der Waals surface area (Å²) in [5, 5.41) is 11.6. The molecule has 2 aromatic rings. The van der Waals surface area contributed by atoms with E-state index in [2.05, 4.69) is 29.2 Å². The van der Waals surface area contributed by atoms with Crippen molar-refractivity contribution in [2.75, 3.05) is 26.3 Å². The van der Waals surface area contributed by atoms with Gasteiger partial charge in [-0.1, -0.05) is 36.8 Å². The molecule has 0 amide bonds. The van der Waals surface area contributed by atoms with Crippen LogP contribution in [0.25, 0.3) is 10.8 Å². The fraction of sp³-hybridized carbons (Fsp3) is 0.444. The summed E-state index contributed by atoms with van der Waals surface area (Å²) < 4.78 is 5.89. The predicted molar refractivity (Wildman–Crippen MR) is 85.7 cm³/mol. The molecule has 3 rings (SSSR count). The molecule has 0 saturated heterocycles. The van der Waals surface area contributed by atoms with E-state index in [1.807, 2.05) is 18.2 Å². The standard InChI is InChI=1S/C18H23NO2/c20-12-10-19(17-6-3-7-17)11-13-21-18-9-8-15-4-1-2-5-16(15)14-18/h1-2,4-5,8-9,14,17,20H,3,6-7,10-13H2. The van der Waals surface area contributed by atoms with Crippen molar-refractivity contribution in [3.8, 4) is 5.75 Å². The van der Waals surface area contributed by atoms with E-state index in [1.165, 1.54) is 30.0 Å². The minimum atomic E-state index is 0.229. The van der Waals surface area contributed by atoms with E-state index >= 15 is 0 Å². The molecule has 0 spiro atoms. The Morgan fingerprint density at radius 2 is 1.86 bits per heavy atom. The van der Waals surface area contributed by atoms with E-state index in [-0.39, 0.29) is 6.61 Å². The molecule has 1 N–H and O–H groups in total. The molecule has 1 aliphatic rings. The molecule has 21 heavy (non-hydrogen) atoms. The van der Waals surface area contributed by atoms with Gasteiger partial charge in [0.2, 0.25) is 0 Å². The first-order valence-electron chi connectivity index (χ1n) is 7.83. The number of nitrogens with zero attached hydrogens (tertiary/aromatic N) is 1. The van der Waals surface area contributed by atoms with Crippen LogP contribution in [-0.2, 0) is 0 Å². The fourth-order valence-corrected chi connectivity index (χ4v) is 2.90. The zero-order valence-electron chi connectivity index (χ0n) is 12.4. The van der Waals surface area contributed by atoms with Crippen molar-refractivity contribution in [2.24, 2.45) is 0 Å². The second-order valence-corrected chi connectivity index (χ2v) is 5.70. The SMILES string of the molecule is OCCN(CCOc1ccc2ccccc2c1)C1CCC1.